The fourth-order valence-electron chi connectivity index (χ4n) is 2.72. The van der Waals surface area contributed by atoms with Gasteiger partial charge in [-0.3, -0.25) is 4.79 Å². The molecular formula is C12H21NO4S. The van der Waals surface area contributed by atoms with Gasteiger partial charge < -0.3 is 5.11 Å². The van der Waals surface area contributed by atoms with Crippen LogP contribution in [0.1, 0.15) is 39.0 Å². The summed E-state index contributed by atoms with van der Waals surface area (Å²) < 4.78 is 25.7. The first kappa shape index (κ1) is 13.8. The lowest BCUT2D eigenvalue weighted by molar-refractivity contribution is -0.148. The van der Waals surface area contributed by atoms with Gasteiger partial charge in [-0.1, -0.05) is 13.3 Å². The minimum atomic E-state index is -3.25. The maximum Gasteiger partial charge on any atom is 0.311 e. The van der Waals surface area contributed by atoms with Crippen LogP contribution in [0.2, 0.25) is 0 Å². The number of carboxylic acids is 1. The second-order valence-corrected chi connectivity index (χ2v) is 7.65. The van der Waals surface area contributed by atoms with Crippen LogP contribution in [0.15, 0.2) is 0 Å². The Hall–Kier alpha value is -0.620. The minimum absolute atomic E-state index is 0.158. The van der Waals surface area contributed by atoms with E-state index in [0.29, 0.717) is 25.3 Å². The first-order valence-electron chi connectivity index (χ1n) is 6.61. The second-order valence-electron chi connectivity index (χ2n) is 5.64. The number of rotatable bonds is 6. The Morgan fingerprint density at radius 3 is 2.61 bits per heavy atom. The van der Waals surface area contributed by atoms with E-state index in [1.807, 2.05) is 6.92 Å². The van der Waals surface area contributed by atoms with Crippen molar-refractivity contribution >= 4 is 16.0 Å². The zero-order chi connectivity index (χ0) is 13.4. The van der Waals surface area contributed by atoms with E-state index >= 15 is 0 Å². The summed E-state index contributed by atoms with van der Waals surface area (Å²) in [6, 6.07) is 0. The molecule has 1 aliphatic carbocycles. The van der Waals surface area contributed by atoms with Crippen molar-refractivity contribution in [2.75, 3.05) is 18.8 Å². The number of nitrogens with zero attached hydrogens (tertiary/aromatic N) is 1. The molecule has 0 aromatic rings. The second kappa shape index (κ2) is 4.81. The summed E-state index contributed by atoms with van der Waals surface area (Å²) in [5.41, 5.74) is -0.856. The molecule has 1 N–H and O–H groups in total. The van der Waals surface area contributed by atoms with Gasteiger partial charge in [0.2, 0.25) is 10.0 Å². The minimum Gasteiger partial charge on any atom is -0.481 e. The number of aliphatic carboxylic acids is 1. The lowest BCUT2D eigenvalue weighted by Crippen LogP contribution is -2.38. The molecule has 1 aliphatic heterocycles. The van der Waals surface area contributed by atoms with Crippen molar-refractivity contribution in [2.45, 2.75) is 39.0 Å². The highest BCUT2D eigenvalue weighted by atomic mass is 32.2. The summed E-state index contributed by atoms with van der Waals surface area (Å²) in [6.45, 7) is 2.46. The Labute approximate surface area is 108 Å². The molecule has 2 aliphatic rings. The molecule has 0 bridgehead atoms. The fraction of sp³-hybridized carbons (Fsp3) is 0.917. The molecule has 18 heavy (non-hydrogen) atoms. The van der Waals surface area contributed by atoms with Crippen molar-refractivity contribution in [1.29, 1.82) is 0 Å². The molecule has 1 atom stereocenters. The van der Waals surface area contributed by atoms with Crippen LogP contribution >= 0.6 is 0 Å². The number of hydrogen-bond acceptors (Lipinski definition) is 3. The highest BCUT2D eigenvalue weighted by molar-refractivity contribution is 7.89. The summed E-state index contributed by atoms with van der Waals surface area (Å²) in [6.07, 6.45) is 3.75. The van der Waals surface area contributed by atoms with E-state index in [1.54, 1.807) is 0 Å². The lowest BCUT2D eigenvalue weighted by atomic mass is 9.83. The first-order chi connectivity index (χ1) is 8.39. The molecular weight excluding hydrogens is 254 g/mol. The van der Waals surface area contributed by atoms with Crippen LogP contribution in [-0.4, -0.2) is 42.6 Å². The maximum atomic E-state index is 12.1. The molecule has 1 saturated heterocycles. The molecule has 0 amide bonds. The van der Waals surface area contributed by atoms with Crippen LogP contribution < -0.4 is 0 Å². The van der Waals surface area contributed by atoms with Gasteiger partial charge in [0, 0.05) is 13.1 Å². The Kier molecular flexibility index (Phi) is 3.69. The summed E-state index contributed by atoms with van der Waals surface area (Å²) >= 11 is 0. The van der Waals surface area contributed by atoms with E-state index in [1.165, 1.54) is 4.31 Å². The Morgan fingerprint density at radius 2 is 2.11 bits per heavy atom. The molecule has 6 heteroatoms. The van der Waals surface area contributed by atoms with E-state index in [0.717, 1.165) is 19.3 Å². The Morgan fingerprint density at radius 1 is 1.44 bits per heavy atom. The average Bonchev–Trinajstić information content (AvgIpc) is 2.95. The van der Waals surface area contributed by atoms with E-state index in [2.05, 4.69) is 0 Å². The Balaban J connectivity index is 2.07. The zero-order valence-corrected chi connectivity index (χ0v) is 11.6. The number of hydrogen-bond donors (Lipinski definition) is 1. The van der Waals surface area contributed by atoms with Gasteiger partial charge in [0.25, 0.3) is 0 Å². The van der Waals surface area contributed by atoms with Gasteiger partial charge >= 0.3 is 5.97 Å². The quantitative estimate of drug-likeness (QED) is 0.793. The highest BCUT2D eigenvalue weighted by Crippen LogP contribution is 2.38. The normalized spacial score (nSPS) is 29.6. The van der Waals surface area contributed by atoms with Crippen molar-refractivity contribution in [3.63, 3.8) is 0 Å². The molecule has 0 radical (unpaired) electrons. The van der Waals surface area contributed by atoms with E-state index in [-0.39, 0.29) is 12.3 Å². The molecule has 2 rings (SSSR count). The smallest absolute Gasteiger partial charge is 0.311 e. The molecule has 5 nitrogen and oxygen atoms in total. The van der Waals surface area contributed by atoms with Crippen LogP contribution in [0.4, 0.5) is 0 Å². The van der Waals surface area contributed by atoms with E-state index < -0.39 is 21.4 Å². The standard InChI is InChI=1S/C12H21NO4S/c1-2-5-12(11(14)15)6-7-13(9-12)18(16,17)8-10-3-4-10/h10H,2-9H2,1H3,(H,14,15). The average molecular weight is 275 g/mol. The van der Waals surface area contributed by atoms with Crippen LogP contribution in [0, 0.1) is 11.3 Å². The van der Waals surface area contributed by atoms with Gasteiger partial charge in [0.05, 0.1) is 11.2 Å². The van der Waals surface area contributed by atoms with Gasteiger partial charge in [0.1, 0.15) is 0 Å². The van der Waals surface area contributed by atoms with E-state index in [9.17, 15) is 18.3 Å². The van der Waals surface area contributed by atoms with Crippen molar-refractivity contribution in [1.82, 2.24) is 4.31 Å². The number of carboxylic acid groups (broad SMARTS) is 1. The zero-order valence-electron chi connectivity index (χ0n) is 10.8. The molecule has 0 aromatic heterocycles. The third kappa shape index (κ3) is 2.69. The van der Waals surface area contributed by atoms with Gasteiger partial charge in [-0.05, 0) is 31.6 Å². The van der Waals surface area contributed by atoms with Crippen LogP contribution in [-0.2, 0) is 14.8 Å². The predicted octanol–water partition coefficient (Wildman–Crippen LogP) is 1.30. The third-order valence-electron chi connectivity index (χ3n) is 4.04. The lowest BCUT2D eigenvalue weighted by Gasteiger charge is -2.24. The predicted molar refractivity (Wildman–Crippen MR) is 67.7 cm³/mol. The maximum absolute atomic E-state index is 12.1. The summed E-state index contributed by atoms with van der Waals surface area (Å²) in [4.78, 5) is 11.4. The van der Waals surface area contributed by atoms with Crippen molar-refractivity contribution < 1.29 is 18.3 Å². The topological polar surface area (TPSA) is 74.7 Å². The summed E-state index contributed by atoms with van der Waals surface area (Å²) in [5, 5.41) is 9.35. The van der Waals surface area contributed by atoms with Crippen molar-refractivity contribution in [2.24, 2.45) is 11.3 Å². The summed E-state index contributed by atoms with van der Waals surface area (Å²) in [7, 11) is -3.25. The van der Waals surface area contributed by atoms with Crippen LogP contribution in [0.3, 0.4) is 0 Å². The highest BCUT2D eigenvalue weighted by Gasteiger charge is 2.47. The molecule has 1 heterocycles. The fourth-order valence-corrected chi connectivity index (χ4v) is 4.68. The van der Waals surface area contributed by atoms with Gasteiger partial charge in [-0.25, -0.2) is 12.7 Å². The molecule has 2 fully saturated rings. The molecule has 1 unspecified atom stereocenters. The third-order valence-corrected chi connectivity index (χ3v) is 6.03. The van der Waals surface area contributed by atoms with Gasteiger partial charge in [-0.15, -0.1) is 0 Å². The van der Waals surface area contributed by atoms with Crippen LogP contribution in [0.25, 0.3) is 0 Å². The van der Waals surface area contributed by atoms with Crippen molar-refractivity contribution in [3.8, 4) is 0 Å². The number of sulfonamides is 1. The van der Waals surface area contributed by atoms with Gasteiger partial charge in [-0.2, -0.15) is 0 Å². The summed E-state index contributed by atoms with van der Waals surface area (Å²) in [5.74, 6) is -0.344. The molecule has 1 saturated carbocycles. The van der Waals surface area contributed by atoms with Crippen LogP contribution in [0.5, 0.6) is 0 Å². The Bertz CT molecular complexity index is 429. The first-order valence-corrected chi connectivity index (χ1v) is 8.22. The SMILES string of the molecule is CCCC1(C(=O)O)CCN(S(=O)(=O)CC2CC2)C1. The molecule has 0 aromatic carbocycles. The van der Waals surface area contributed by atoms with Gasteiger partial charge in [0.15, 0.2) is 0 Å². The monoisotopic (exact) mass is 275 g/mol. The molecule has 104 valence electrons. The van der Waals surface area contributed by atoms with E-state index in [4.69, 9.17) is 0 Å². The number of carbonyl (C=O) groups is 1. The largest absolute Gasteiger partial charge is 0.481 e. The van der Waals surface area contributed by atoms with Crippen molar-refractivity contribution in [3.05, 3.63) is 0 Å². The molecule has 0 spiro atoms.